The number of carbonyl (C=O) groups is 1. The molecule has 122 valence electrons. The fraction of sp³-hybridized carbons (Fsp3) is 0.588. The number of nitrogens with one attached hydrogen (secondary N) is 1. The molecule has 1 N–H and O–H groups in total. The molecule has 0 saturated carbocycles. The van der Waals surface area contributed by atoms with Crippen LogP contribution < -0.4 is 14.8 Å². The molecule has 1 aromatic rings. The Bertz CT molecular complexity index is 455. The molecule has 0 bridgehead atoms. The largest absolute Gasteiger partial charge is 0.494 e. The van der Waals surface area contributed by atoms with Crippen LogP contribution in [0.15, 0.2) is 24.3 Å². The van der Waals surface area contributed by atoms with Crippen LogP contribution in [0.1, 0.15) is 26.7 Å². The van der Waals surface area contributed by atoms with Gasteiger partial charge in [0.1, 0.15) is 11.5 Å². The van der Waals surface area contributed by atoms with Crippen molar-refractivity contribution in [3.63, 3.8) is 0 Å². The fourth-order valence-corrected chi connectivity index (χ4v) is 2.68. The predicted octanol–water partition coefficient (Wildman–Crippen LogP) is 2.06. The lowest BCUT2D eigenvalue weighted by Crippen LogP contribution is -2.44. The lowest BCUT2D eigenvalue weighted by molar-refractivity contribution is -0.135. The van der Waals surface area contributed by atoms with Gasteiger partial charge in [0.05, 0.1) is 6.61 Å². The molecule has 2 rings (SSSR count). The number of nitrogens with zero attached hydrogens (tertiary/aromatic N) is 1. The van der Waals surface area contributed by atoms with Crippen LogP contribution in [0.25, 0.3) is 0 Å². The summed E-state index contributed by atoms with van der Waals surface area (Å²) in [6.07, 6.45) is 1.99. The number of hydrogen-bond acceptors (Lipinski definition) is 4. The molecule has 1 aliphatic rings. The number of carbonyl (C=O) groups excluding carboxylic acids is 1. The Balaban J connectivity index is 1.86. The summed E-state index contributed by atoms with van der Waals surface area (Å²) in [5.41, 5.74) is 0. The minimum Gasteiger partial charge on any atom is -0.494 e. The molecule has 1 aliphatic heterocycles. The normalized spacial score (nSPS) is 17.3. The first kappa shape index (κ1) is 16.6. The van der Waals surface area contributed by atoms with E-state index in [9.17, 15) is 4.79 Å². The van der Waals surface area contributed by atoms with Gasteiger partial charge in [-0.05, 0) is 50.6 Å². The van der Waals surface area contributed by atoms with Crippen molar-refractivity contribution in [2.75, 3.05) is 32.8 Å². The maximum absolute atomic E-state index is 12.4. The van der Waals surface area contributed by atoms with Crippen molar-refractivity contribution in [1.29, 1.82) is 0 Å². The van der Waals surface area contributed by atoms with E-state index in [0.717, 1.165) is 38.2 Å². The Labute approximate surface area is 132 Å². The molecule has 1 saturated heterocycles. The third-order valence-electron chi connectivity index (χ3n) is 3.76. The molecule has 1 heterocycles. The summed E-state index contributed by atoms with van der Waals surface area (Å²) >= 11 is 0. The van der Waals surface area contributed by atoms with Crippen molar-refractivity contribution in [2.24, 2.45) is 0 Å². The smallest absolute Gasteiger partial charge is 0.260 e. The third-order valence-corrected chi connectivity index (χ3v) is 3.76. The summed E-state index contributed by atoms with van der Waals surface area (Å²) in [6, 6.07) is 7.68. The fourth-order valence-electron chi connectivity index (χ4n) is 2.68. The Morgan fingerprint density at radius 3 is 2.45 bits per heavy atom. The lowest BCUT2D eigenvalue weighted by atomic mass is 10.2. The zero-order chi connectivity index (χ0) is 15.8. The molecule has 1 unspecified atom stereocenters. The third kappa shape index (κ3) is 4.63. The maximum Gasteiger partial charge on any atom is 0.260 e. The number of rotatable bonds is 8. The van der Waals surface area contributed by atoms with Gasteiger partial charge in [0.15, 0.2) is 6.61 Å². The van der Waals surface area contributed by atoms with Crippen molar-refractivity contribution >= 4 is 5.91 Å². The molecular formula is C17H26N2O3. The molecule has 5 nitrogen and oxygen atoms in total. The summed E-state index contributed by atoms with van der Waals surface area (Å²) in [7, 11) is 0. The van der Waals surface area contributed by atoms with Crippen LogP contribution in [0.2, 0.25) is 0 Å². The van der Waals surface area contributed by atoms with Crippen LogP contribution in [0, 0.1) is 0 Å². The predicted molar refractivity (Wildman–Crippen MR) is 86.4 cm³/mol. The summed E-state index contributed by atoms with van der Waals surface area (Å²) in [4.78, 5) is 14.4. The SMILES string of the molecule is CCCN(C(=O)COc1ccc(OCC)cc1)C1CCNC1. The first-order valence-electron chi connectivity index (χ1n) is 8.10. The quantitative estimate of drug-likeness (QED) is 0.799. The van der Waals surface area contributed by atoms with Gasteiger partial charge in [-0.3, -0.25) is 4.79 Å². The van der Waals surface area contributed by atoms with Crippen LogP contribution in [0.3, 0.4) is 0 Å². The first-order valence-corrected chi connectivity index (χ1v) is 8.10. The highest BCUT2D eigenvalue weighted by atomic mass is 16.5. The zero-order valence-corrected chi connectivity index (χ0v) is 13.5. The van der Waals surface area contributed by atoms with Crippen LogP contribution in [-0.4, -0.2) is 49.7 Å². The van der Waals surface area contributed by atoms with Gasteiger partial charge in [0.2, 0.25) is 0 Å². The second-order valence-electron chi connectivity index (χ2n) is 5.43. The van der Waals surface area contributed by atoms with E-state index in [1.165, 1.54) is 0 Å². The van der Waals surface area contributed by atoms with E-state index in [-0.39, 0.29) is 12.5 Å². The van der Waals surface area contributed by atoms with Gasteiger partial charge in [0, 0.05) is 19.1 Å². The van der Waals surface area contributed by atoms with Crippen molar-refractivity contribution in [3.8, 4) is 11.5 Å². The monoisotopic (exact) mass is 306 g/mol. The summed E-state index contributed by atoms with van der Waals surface area (Å²) < 4.78 is 11.0. The summed E-state index contributed by atoms with van der Waals surface area (Å²) in [5.74, 6) is 1.56. The maximum atomic E-state index is 12.4. The average molecular weight is 306 g/mol. The molecule has 0 aliphatic carbocycles. The lowest BCUT2D eigenvalue weighted by Gasteiger charge is -2.28. The van der Waals surface area contributed by atoms with Gasteiger partial charge in [-0.15, -0.1) is 0 Å². The van der Waals surface area contributed by atoms with E-state index in [0.29, 0.717) is 18.4 Å². The molecule has 0 aromatic heterocycles. The first-order chi connectivity index (χ1) is 10.7. The van der Waals surface area contributed by atoms with Gasteiger partial charge in [-0.2, -0.15) is 0 Å². The summed E-state index contributed by atoms with van der Waals surface area (Å²) in [5, 5.41) is 3.31. The Morgan fingerprint density at radius 1 is 1.23 bits per heavy atom. The standard InChI is InChI=1S/C17H26N2O3/c1-3-11-19(14-9-10-18-12-14)17(20)13-22-16-7-5-15(6-8-16)21-4-2/h5-8,14,18H,3-4,9-13H2,1-2H3. The second kappa shape index (κ2) is 8.63. The van der Waals surface area contributed by atoms with Gasteiger partial charge >= 0.3 is 0 Å². The number of benzene rings is 1. The van der Waals surface area contributed by atoms with Gasteiger partial charge in [0.25, 0.3) is 5.91 Å². The van der Waals surface area contributed by atoms with Crippen molar-refractivity contribution in [2.45, 2.75) is 32.7 Å². The number of hydrogen-bond donors (Lipinski definition) is 1. The Morgan fingerprint density at radius 2 is 1.91 bits per heavy atom. The average Bonchev–Trinajstić information content (AvgIpc) is 3.06. The van der Waals surface area contributed by atoms with E-state index in [1.807, 2.05) is 36.1 Å². The molecular weight excluding hydrogens is 280 g/mol. The van der Waals surface area contributed by atoms with E-state index >= 15 is 0 Å². The van der Waals surface area contributed by atoms with Crippen LogP contribution in [0.4, 0.5) is 0 Å². The van der Waals surface area contributed by atoms with E-state index in [1.54, 1.807) is 0 Å². The topological polar surface area (TPSA) is 50.8 Å². The van der Waals surface area contributed by atoms with Gasteiger partial charge in [-0.25, -0.2) is 0 Å². The van der Waals surface area contributed by atoms with Crippen molar-refractivity contribution in [1.82, 2.24) is 10.2 Å². The van der Waals surface area contributed by atoms with E-state index in [2.05, 4.69) is 12.2 Å². The minimum absolute atomic E-state index is 0.0597. The highest BCUT2D eigenvalue weighted by Gasteiger charge is 2.25. The molecule has 0 radical (unpaired) electrons. The summed E-state index contributed by atoms with van der Waals surface area (Å²) in [6.45, 7) is 7.42. The molecule has 1 atom stereocenters. The van der Waals surface area contributed by atoms with Gasteiger partial charge in [-0.1, -0.05) is 6.92 Å². The molecule has 1 amide bonds. The second-order valence-corrected chi connectivity index (χ2v) is 5.43. The van der Waals surface area contributed by atoms with Crippen LogP contribution in [-0.2, 0) is 4.79 Å². The van der Waals surface area contributed by atoms with Crippen molar-refractivity contribution in [3.05, 3.63) is 24.3 Å². The number of amides is 1. The van der Waals surface area contributed by atoms with Crippen molar-refractivity contribution < 1.29 is 14.3 Å². The Kier molecular flexibility index (Phi) is 6.52. The highest BCUT2D eigenvalue weighted by Crippen LogP contribution is 2.18. The number of ether oxygens (including phenoxy) is 2. The van der Waals surface area contributed by atoms with Gasteiger partial charge < -0.3 is 19.7 Å². The van der Waals surface area contributed by atoms with E-state index in [4.69, 9.17) is 9.47 Å². The zero-order valence-electron chi connectivity index (χ0n) is 13.5. The molecule has 22 heavy (non-hydrogen) atoms. The van der Waals surface area contributed by atoms with E-state index < -0.39 is 0 Å². The minimum atomic E-state index is 0.0597. The Hall–Kier alpha value is -1.75. The highest BCUT2D eigenvalue weighted by molar-refractivity contribution is 5.78. The molecule has 5 heteroatoms. The molecule has 0 spiro atoms. The van der Waals surface area contributed by atoms with Crippen LogP contribution >= 0.6 is 0 Å². The van der Waals surface area contributed by atoms with Crippen LogP contribution in [0.5, 0.6) is 11.5 Å². The molecule has 1 fully saturated rings. The molecule has 1 aromatic carbocycles.